The van der Waals surface area contributed by atoms with E-state index in [2.05, 4.69) is 19.6 Å². The zero-order valence-electron chi connectivity index (χ0n) is 17.4. The third-order valence-electron chi connectivity index (χ3n) is 3.06. The summed E-state index contributed by atoms with van der Waals surface area (Å²) in [4.78, 5) is 19.3. The molecule has 7 heteroatoms. The summed E-state index contributed by atoms with van der Waals surface area (Å²) in [7, 11) is 0. The van der Waals surface area contributed by atoms with E-state index in [-0.39, 0.29) is 74.8 Å². The van der Waals surface area contributed by atoms with Crippen molar-refractivity contribution < 1.29 is 81.8 Å². The molecular formula is C16H34Na2O4S. The average molecular weight is 368 g/mol. The van der Waals surface area contributed by atoms with E-state index in [1.54, 1.807) is 0 Å². The third-order valence-corrected chi connectivity index (χ3v) is 3.38. The van der Waals surface area contributed by atoms with Crippen LogP contribution in [0.1, 0.15) is 86.8 Å². The van der Waals surface area contributed by atoms with Crippen LogP contribution in [0.3, 0.4) is 0 Å². The second kappa shape index (κ2) is 28.1. The van der Waals surface area contributed by atoms with E-state index in [0.29, 0.717) is 0 Å². The van der Waals surface area contributed by atoms with Crippen LogP contribution in [0.15, 0.2) is 0 Å². The molecule has 0 bridgehead atoms. The van der Waals surface area contributed by atoms with Gasteiger partial charge in [0.1, 0.15) is 0 Å². The monoisotopic (exact) mass is 368 g/mol. The number of hydrogen-bond donors (Lipinski definition) is 3. The quantitative estimate of drug-likeness (QED) is 0.222. The Morgan fingerprint density at radius 2 is 1.04 bits per heavy atom. The smallest absolute Gasteiger partial charge is 1.00 e. The van der Waals surface area contributed by atoms with Crippen molar-refractivity contribution in [2.75, 3.05) is 5.75 Å². The summed E-state index contributed by atoms with van der Waals surface area (Å²) in [5, 5.41) is 15.8. The maximum absolute atomic E-state index is 9.64. The van der Waals surface area contributed by atoms with Crippen molar-refractivity contribution in [3.05, 3.63) is 0 Å². The second-order valence-corrected chi connectivity index (χ2v) is 5.64. The first kappa shape index (κ1) is 32.0. The Balaban J connectivity index is -0.0000000671. The van der Waals surface area contributed by atoms with E-state index in [4.69, 9.17) is 10.2 Å². The van der Waals surface area contributed by atoms with Gasteiger partial charge in [-0.25, -0.2) is 0 Å². The number of carbonyl (C=O) groups is 2. The van der Waals surface area contributed by atoms with Crippen LogP contribution in [0, 0.1) is 0 Å². The van der Waals surface area contributed by atoms with Crippen LogP contribution in [0.2, 0.25) is 0 Å². The van der Waals surface area contributed by atoms with Crippen molar-refractivity contribution in [1.82, 2.24) is 0 Å². The second-order valence-electron chi connectivity index (χ2n) is 5.19. The fourth-order valence-corrected chi connectivity index (χ4v) is 2.04. The Kier molecular flexibility index (Phi) is 39.1. The third kappa shape index (κ3) is 39.8. The van der Waals surface area contributed by atoms with Gasteiger partial charge in [0.15, 0.2) is 0 Å². The Bertz CT molecular complexity index is 240. The van der Waals surface area contributed by atoms with Crippen molar-refractivity contribution >= 4 is 24.6 Å². The molecule has 0 aromatic heterocycles. The molecule has 0 radical (unpaired) electrons. The van der Waals surface area contributed by atoms with Gasteiger partial charge < -0.3 is 13.1 Å². The Morgan fingerprint density at radius 3 is 1.30 bits per heavy atom. The van der Waals surface area contributed by atoms with Crippen molar-refractivity contribution in [2.45, 2.75) is 84.0 Å². The number of carboxylic acid groups (broad SMARTS) is 2. The Hall–Kier alpha value is 1.29. The summed E-state index contributed by atoms with van der Waals surface area (Å²) < 4.78 is 0. The molecule has 0 aliphatic carbocycles. The molecule has 0 amide bonds. The van der Waals surface area contributed by atoms with E-state index in [9.17, 15) is 9.59 Å². The molecule has 0 aromatic rings. The number of thiol groups is 1. The molecule has 0 rings (SSSR count). The zero-order valence-corrected chi connectivity index (χ0v) is 20.2. The summed E-state index contributed by atoms with van der Waals surface area (Å²) in [6.45, 7) is 2.28. The molecule has 0 saturated heterocycles. The molecule has 0 heterocycles. The SMILES string of the molecule is CCCCCCCCCCCCS.O=C(O)CCC(=O)O.[H-].[H-].[Na+].[Na+]. The van der Waals surface area contributed by atoms with Crippen LogP contribution in [0.4, 0.5) is 0 Å². The fraction of sp³-hybridized carbons (Fsp3) is 0.875. The predicted octanol–water partition coefficient (Wildman–Crippen LogP) is -0.994. The molecule has 2 N–H and O–H groups in total. The van der Waals surface area contributed by atoms with Crippen molar-refractivity contribution in [3.63, 3.8) is 0 Å². The largest absolute Gasteiger partial charge is 1.00 e. The van der Waals surface area contributed by atoms with Gasteiger partial charge in [-0.3, -0.25) is 9.59 Å². The fourth-order valence-electron chi connectivity index (χ4n) is 1.81. The number of aliphatic carboxylic acids is 2. The topological polar surface area (TPSA) is 74.6 Å². The number of hydrogen-bond acceptors (Lipinski definition) is 3. The summed E-state index contributed by atoms with van der Waals surface area (Å²) in [6, 6.07) is 0. The minimum absolute atomic E-state index is 0. The molecule has 0 saturated carbocycles. The van der Waals surface area contributed by atoms with Gasteiger partial charge in [-0.2, -0.15) is 12.6 Å². The van der Waals surface area contributed by atoms with Crippen LogP contribution in [0.25, 0.3) is 0 Å². The molecule has 0 aromatic carbocycles. The van der Waals surface area contributed by atoms with E-state index >= 15 is 0 Å². The summed E-state index contributed by atoms with van der Waals surface area (Å²) in [5.74, 6) is -1.09. The van der Waals surface area contributed by atoms with Gasteiger partial charge in [0.05, 0.1) is 12.8 Å². The van der Waals surface area contributed by atoms with Gasteiger partial charge in [-0.15, -0.1) is 0 Å². The van der Waals surface area contributed by atoms with Gasteiger partial charge in [0, 0.05) is 0 Å². The minimum Gasteiger partial charge on any atom is -1.00 e. The van der Waals surface area contributed by atoms with Gasteiger partial charge >= 0.3 is 71.1 Å². The predicted molar refractivity (Wildman–Crippen MR) is 92.4 cm³/mol. The van der Waals surface area contributed by atoms with Gasteiger partial charge in [-0.05, 0) is 12.2 Å². The van der Waals surface area contributed by atoms with Crippen LogP contribution in [-0.4, -0.2) is 27.9 Å². The number of carboxylic acids is 2. The molecule has 0 aliphatic rings. The first-order valence-electron chi connectivity index (χ1n) is 8.09. The maximum Gasteiger partial charge on any atom is 1.00 e. The van der Waals surface area contributed by atoms with Crippen molar-refractivity contribution in [1.29, 1.82) is 0 Å². The molecular weight excluding hydrogens is 334 g/mol. The number of rotatable bonds is 13. The molecule has 0 atom stereocenters. The Morgan fingerprint density at radius 1 is 0.739 bits per heavy atom. The average Bonchev–Trinajstić information content (AvgIpc) is 2.44. The molecule has 130 valence electrons. The summed E-state index contributed by atoms with van der Waals surface area (Å²) >= 11 is 4.20. The van der Waals surface area contributed by atoms with Crippen molar-refractivity contribution in [3.8, 4) is 0 Å². The maximum atomic E-state index is 9.64. The molecule has 4 nitrogen and oxygen atoms in total. The Labute approximate surface area is 194 Å². The van der Waals surface area contributed by atoms with Crippen molar-refractivity contribution in [2.24, 2.45) is 0 Å². The standard InChI is InChI=1S/C12H26S.C4H6O4.2Na.2H/c1-2-3-4-5-6-7-8-9-10-11-12-13;5-3(6)1-2-4(7)8;;;;/h13H,2-12H2,1H3;1-2H2,(H,5,6)(H,7,8);;;;/q;;2*+1;2*-1. The van der Waals surface area contributed by atoms with Crippen LogP contribution in [-0.2, 0) is 9.59 Å². The first-order chi connectivity index (χ1) is 10.0. The normalized spacial score (nSPS) is 8.96. The molecule has 0 aliphatic heterocycles. The van der Waals surface area contributed by atoms with Crippen LogP contribution < -0.4 is 59.1 Å². The van der Waals surface area contributed by atoms with Crippen LogP contribution in [0.5, 0.6) is 0 Å². The van der Waals surface area contributed by atoms with Gasteiger partial charge in [-0.1, -0.05) is 64.7 Å². The van der Waals surface area contributed by atoms with E-state index in [1.807, 2.05) is 0 Å². The molecule has 0 fully saturated rings. The van der Waals surface area contributed by atoms with Gasteiger partial charge in [0.2, 0.25) is 0 Å². The van der Waals surface area contributed by atoms with Crippen LogP contribution >= 0.6 is 12.6 Å². The molecule has 0 spiro atoms. The van der Waals surface area contributed by atoms with E-state index < -0.39 is 11.9 Å². The summed E-state index contributed by atoms with van der Waals surface area (Å²) in [6.07, 6.45) is 13.6. The van der Waals surface area contributed by atoms with E-state index in [0.717, 1.165) is 5.75 Å². The zero-order chi connectivity index (χ0) is 16.3. The minimum atomic E-state index is -1.08. The number of unbranched alkanes of at least 4 members (excludes halogenated alkanes) is 9. The summed E-state index contributed by atoms with van der Waals surface area (Å²) in [5.41, 5.74) is 0. The first-order valence-corrected chi connectivity index (χ1v) is 8.72. The van der Waals surface area contributed by atoms with E-state index in [1.165, 1.54) is 64.2 Å². The van der Waals surface area contributed by atoms with Gasteiger partial charge in [0.25, 0.3) is 0 Å². The molecule has 0 unspecified atom stereocenters. The molecule has 23 heavy (non-hydrogen) atoms.